The first kappa shape index (κ1) is 14.8. The molecular formula is C12H17F3N2O. The van der Waals surface area contributed by atoms with Crippen molar-refractivity contribution in [2.75, 3.05) is 11.9 Å². The van der Waals surface area contributed by atoms with E-state index < -0.39 is 17.3 Å². The van der Waals surface area contributed by atoms with E-state index in [4.69, 9.17) is 0 Å². The van der Waals surface area contributed by atoms with E-state index >= 15 is 0 Å². The molecule has 0 saturated carbocycles. The van der Waals surface area contributed by atoms with Crippen LogP contribution in [0.25, 0.3) is 0 Å². The molecule has 0 aliphatic carbocycles. The van der Waals surface area contributed by atoms with Gasteiger partial charge in [0.15, 0.2) is 0 Å². The van der Waals surface area contributed by atoms with E-state index in [0.717, 1.165) is 18.3 Å². The molecule has 6 heteroatoms. The summed E-state index contributed by atoms with van der Waals surface area (Å²) in [6.07, 6.45) is -2.09. The third-order valence-corrected chi connectivity index (χ3v) is 3.14. The number of anilines is 1. The Kier molecular flexibility index (Phi) is 4.56. The van der Waals surface area contributed by atoms with E-state index in [1.54, 1.807) is 0 Å². The van der Waals surface area contributed by atoms with Gasteiger partial charge < -0.3 is 10.4 Å². The van der Waals surface area contributed by atoms with Crippen LogP contribution in [0.15, 0.2) is 18.3 Å². The highest BCUT2D eigenvalue weighted by atomic mass is 19.4. The van der Waals surface area contributed by atoms with Gasteiger partial charge in [-0.15, -0.1) is 0 Å². The Balaban J connectivity index is 2.98. The number of hydrogen-bond donors (Lipinski definition) is 2. The summed E-state index contributed by atoms with van der Waals surface area (Å²) in [6.45, 7) is 3.57. The number of alkyl halides is 3. The third-order valence-electron chi connectivity index (χ3n) is 3.14. The summed E-state index contributed by atoms with van der Waals surface area (Å²) < 4.78 is 37.6. The third kappa shape index (κ3) is 3.35. The van der Waals surface area contributed by atoms with E-state index in [9.17, 15) is 18.3 Å². The van der Waals surface area contributed by atoms with Crippen molar-refractivity contribution in [3.05, 3.63) is 23.9 Å². The molecule has 3 nitrogen and oxygen atoms in total. The van der Waals surface area contributed by atoms with Crippen LogP contribution in [0.4, 0.5) is 19.0 Å². The van der Waals surface area contributed by atoms with Gasteiger partial charge in [-0.05, 0) is 25.0 Å². The maximum atomic E-state index is 12.5. The summed E-state index contributed by atoms with van der Waals surface area (Å²) in [5.41, 5.74) is -1.38. The maximum Gasteiger partial charge on any atom is 0.416 e. The van der Waals surface area contributed by atoms with Crippen molar-refractivity contribution in [1.82, 2.24) is 4.98 Å². The Morgan fingerprint density at radius 1 is 1.28 bits per heavy atom. The number of pyridine rings is 1. The second-order valence-corrected chi connectivity index (χ2v) is 4.20. The van der Waals surface area contributed by atoms with E-state index in [1.807, 2.05) is 13.8 Å². The summed E-state index contributed by atoms with van der Waals surface area (Å²) in [7, 11) is 0. The number of nitrogens with one attached hydrogen (secondary N) is 1. The van der Waals surface area contributed by atoms with E-state index in [2.05, 4.69) is 10.3 Å². The summed E-state index contributed by atoms with van der Waals surface area (Å²) in [5.74, 6) is 0.127. The Morgan fingerprint density at radius 3 is 2.33 bits per heavy atom. The van der Waals surface area contributed by atoms with Gasteiger partial charge in [-0.2, -0.15) is 13.2 Å². The number of hydrogen-bond acceptors (Lipinski definition) is 3. The van der Waals surface area contributed by atoms with Gasteiger partial charge in [0, 0.05) is 6.20 Å². The minimum absolute atomic E-state index is 0.127. The SMILES string of the molecule is CCC(CC)(CO)Nc1cc(C(F)(F)F)ccn1. The summed E-state index contributed by atoms with van der Waals surface area (Å²) in [6, 6.07) is 1.87. The van der Waals surface area contributed by atoms with E-state index in [-0.39, 0.29) is 12.4 Å². The quantitative estimate of drug-likeness (QED) is 0.857. The van der Waals surface area contributed by atoms with Crippen molar-refractivity contribution in [1.29, 1.82) is 0 Å². The van der Waals surface area contributed by atoms with Crippen LogP contribution in [-0.4, -0.2) is 22.2 Å². The normalized spacial score (nSPS) is 12.6. The zero-order chi connectivity index (χ0) is 13.8. The smallest absolute Gasteiger partial charge is 0.394 e. The lowest BCUT2D eigenvalue weighted by Crippen LogP contribution is -2.41. The molecule has 0 bridgehead atoms. The molecular weight excluding hydrogens is 245 g/mol. The van der Waals surface area contributed by atoms with Crippen LogP contribution in [0.1, 0.15) is 32.3 Å². The highest BCUT2D eigenvalue weighted by Crippen LogP contribution is 2.31. The highest BCUT2D eigenvalue weighted by molar-refractivity contribution is 5.41. The number of rotatable bonds is 5. The number of aliphatic hydroxyl groups excluding tert-OH is 1. The van der Waals surface area contributed by atoms with Crippen LogP contribution in [0, 0.1) is 0 Å². The van der Waals surface area contributed by atoms with Gasteiger partial charge in [0.25, 0.3) is 0 Å². The highest BCUT2D eigenvalue weighted by Gasteiger charge is 2.32. The molecule has 0 radical (unpaired) electrons. The van der Waals surface area contributed by atoms with Gasteiger partial charge >= 0.3 is 6.18 Å². The largest absolute Gasteiger partial charge is 0.416 e. The van der Waals surface area contributed by atoms with Crippen molar-refractivity contribution < 1.29 is 18.3 Å². The Hall–Kier alpha value is -1.30. The molecule has 0 aliphatic rings. The van der Waals surface area contributed by atoms with Gasteiger partial charge in [-0.25, -0.2) is 4.98 Å². The molecule has 0 fully saturated rings. The van der Waals surface area contributed by atoms with Crippen molar-refractivity contribution in [3.8, 4) is 0 Å². The average Bonchev–Trinajstić information content (AvgIpc) is 2.35. The monoisotopic (exact) mass is 262 g/mol. The first-order chi connectivity index (χ1) is 8.37. The lowest BCUT2D eigenvalue weighted by molar-refractivity contribution is -0.137. The second kappa shape index (κ2) is 5.56. The molecule has 1 rings (SSSR count). The minimum Gasteiger partial charge on any atom is -0.394 e. The number of aromatic nitrogens is 1. The fraction of sp³-hybridized carbons (Fsp3) is 0.583. The molecule has 1 heterocycles. The molecule has 18 heavy (non-hydrogen) atoms. The Morgan fingerprint density at radius 2 is 1.89 bits per heavy atom. The molecule has 1 aromatic heterocycles. The Labute approximate surface area is 104 Å². The van der Waals surface area contributed by atoms with Crippen molar-refractivity contribution in [3.63, 3.8) is 0 Å². The zero-order valence-corrected chi connectivity index (χ0v) is 10.4. The predicted octanol–water partition coefficient (Wildman–Crippen LogP) is 3.06. The first-order valence-electron chi connectivity index (χ1n) is 5.79. The topological polar surface area (TPSA) is 45.1 Å². The zero-order valence-electron chi connectivity index (χ0n) is 10.4. The van der Waals surface area contributed by atoms with Crippen LogP contribution >= 0.6 is 0 Å². The molecule has 0 aliphatic heterocycles. The first-order valence-corrected chi connectivity index (χ1v) is 5.79. The van der Waals surface area contributed by atoms with Crippen molar-refractivity contribution in [2.45, 2.75) is 38.4 Å². The second-order valence-electron chi connectivity index (χ2n) is 4.20. The van der Waals surface area contributed by atoms with Gasteiger partial charge in [-0.3, -0.25) is 0 Å². The van der Waals surface area contributed by atoms with Crippen LogP contribution in [0.5, 0.6) is 0 Å². The van der Waals surface area contributed by atoms with E-state index in [1.165, 1.54) is 0 Å². The van der Waals surface area contributed by atoms with Crippen molar-refractivity contribution >= 4 is 5.82 Å². The van der Waals surface area contributed by atoms with Gasteiger partial charge in [-0.1, -0.05) is 13.8 Å². The number of aliphatic hydroxyl groups is 1. The van der Waals surface area contributed by atoms with E-state index in [0.29, 0.717) is 12.8 Å². The van der Waals surface area contributed by atoms with Crippen LogP contribution < -0.4 is 5.32 Å². The molecule has 0 saturated heterocycles. The Bertz CT molecular complexity index is 381. The summed E-state index contributed by atoms with van der Waals surface area (Å²) in [5, 5.41) is 12.2. The average molecular weight is 262 g/mol. The molecule has 1 aromatic rings. The molecule has 2 N–H and O–H groups in total. The lowest BCUT2D eigenvalue weighted by Gasteiger charge is -2.31. The van der Waals surface area contributed by atoms with Crippen LogP contribution in [-0.2, 0) is 6.18 Å². The fourth-order valence-electron chi connectivity index (χ4n) is 1.64. The molecule has 0 spiro atoms. The lowest BCUT2D eigenvalue weighted by atomic mass is 9.94. The molecule has 0 atom stereocenters. The van der Waals surface area contributed by atoms with Gasteiger partial charge in [0.2, 0.25) is 0 Å². The van der Waals surface area contributed by atoms with Crippen LogP contribution in [0.3, 0.4) is 0 Å². The molecule has 102 valence electrons. The standard InChI is InChI=1S/C12H17F3N2O/c1-3-11(4-2,8-18)17-10-7-9(5-6-16-10)12(13,14)15/h5-7,18H,3-4,8H2,1-2H3,(H,16,17). The van der Waals surface area contributed by atoms with Crippen LogP contribution in [0.2, 0.25) is 0 Å². The molecule has 0 amide bonds. The number of halogens is 3. The minimum atomic E-state index is -4.39. The number of nitrogens with zero attached hydrogens (tertiary/aromatic N) is 1. The van der Waals surface area contributed by atoms with Crippen molar-refractivity contribution in [2.24, 2.45) is 0 Å². The summed E-state index contributed by atoms with van der Waals surface area (Å²) in [4.78, 5) is 3.86. The fourth-order valence-corrected chi connectivity index (χ4v) is 1.64. The molecule has 0 unspecified atom stereocenters. The predicted molar refractivity (Wildman–Crippen MR) is 63.3 cm³/mol. The molecule has 0 aromatic carbocycles. The summed E-state index contributed by atoms with van der Waals surface area (Å²) >= 11 is 0. The maximum absolute atomic E-state index is 12.5. The van der Waals surface area contributed by atoms with Gasteiger partial charge in [0.05, 0.1) is 17.7 Å². The van der Waals surface area contributed by atoms with Gasteiger partial charge in [0.1, 0.15) is 5.82 Å².